The highest BCUT2D eigenvalue weighted by Gasteiger charge is 2.30. The van der Waals surface area contributed by atoms with Crippen LogP contribution in [0.25, 0.3) is 0 Å². The Kier molecular flexibility index (Phi) is 4.71. The van der Waals surface area contributed by atoms with Crippen LogP contribution in [0.5, 0.6) is 0 Å². The number of rotatable bonds is 5. The molecule has 1 aromatic carbocycles. The van der Waals surface area contributed by atoms with E-state index in [1.165, 1.54) is 0 Å². The Morgan fingerprint density at radius 1 is 1.50 bits per heavy atom. The minimum absolute atomic E-state index is 0.0754. The number of carbonyl (C=O) groups is 1. The molecular formula is C16H23ClN2O. The number of halogens is 1. The van der Waals surface area contributed by atoms with Gasteiger partial charge in [-0.3, -0.25) is 4.79 Å². The molecule has 1 aromatic rings. The van der Waals surface area contributed by atoms with Gasteiger partial charge in [0.05, 0.1) is 0 Å². The van der Waals surface area contributed by atoms with Crippen LogP contribution in [-0.4, -0.2) is 25.5 Å². The molecule has 4 heteroatoms. The van der Waals surface area contributed by atoms with Crippen LogP contribution in [0, 0.1) is 11.8 Å². The minimum Gasteiger partial charge on any atom is -0.355 e. The lowest BCUT2D eigenvalue weighted by molar-refractivity contribution is -0.126. The third-order valence-electron chi connectivity index (χ3n) is 4.24. The molecule has 1 amide bonds. The monoisotopic (exact) mass is 294 g/mol. The van der Waals surface area contributed by atoms with Gasteiger partial charge in [0, 0.05) is 22.9 Å². The summed E-state index contributed by atoms with van der Waals surface area (Å²) in [6.07, 6.45) is 0. The average Bonchev–Trinajstić information content (AvgIpc) is 2.34. The molecular weight excluding hydrogens is 272 g/mol. The molecule has 110 valence electrons. The second-order valence-electron chi connectivity index (χ2n) is 6.32. The van der Waals surface area contributed by atoms with Crippen LogP contribution in [0.4, 0.5) is 0 Å². The van der Waals surface area contributed by atoms with Gasteiger partial charge in [0.1, 0.15) is 0 Å². The van der Waals surface area contributed by atoms with E-state index < -0.39 is 0 Å². The summed E-state index contributed by atoms with van der Waals surface area (Å²) in [7, 11) is 0. The van der Waals surface area contributed by atoms with Crippen LogP contribution < -0.4 is 10.6 Å². The predicted octanol–water partition coefficient (Wildman–Crippen LogP) is 2.59. The highest BCUT2D eigenvalue weighted by molar-refractivity contribution is 6.30. The van der Waals surface area contributed by atoms with Crippen molar-refractivity contribution in [3.63, 3.8) is 0 Å². The lowest BCUT2D eigenvalue weighted by atomic mass is 9.84. The van der Waals surface area contributed by atoms with E-state index in [0.29, 0.717) is 12.5 Å². The van der Waals surface area contributed by atoms with E-state index in [9.17, 15) is 4.79 Å². The summed E-state index contributed by atoms with van der Waals surface area (Å²) in [5, 5.41) is 7.02. The zero-order valence-electron chi connectivity index (χ0n) is 12.4. The van der Waals surface area contributed by atoms with Crippen molar-refractivity contribution in [3.8, 4) is 0 Å². The Labute approximate surface area is 126 Å². The molecule has 1 aliphatic rings. The quantitative estimate of drug-likeness (QED) is 0.876. The summed E-state index contributed by atoms with van der Waals surface area (Å²) >= 11 is 6.04. The third kappa shape index (κ3) is 3.53. The van der Waals surface area contributed by atoms with Gasteiger partial charge in [-0.15, -0.1) is 0 Å². The van der Waals surface area contributed by atoms with Gasteiger partial charge in [-0.25, -0.2) is 0 Å². The van der Waals surface area contributed by atoms with Gasteiger partial charge < -0.3 is 10.6 Å². The first kappa shape index (κ1) is 15.3. The van der Waals surface area contributed by atoms with E-state index in [0.717, 1.165) is 23.7 Å². The first-order valence-corrected chi connectivity index (χ1v) is 7.52. The summed E-state index contributed by atoms with van der Waals surface area (Å²) in [5.41, 5.74) is 1.02. The van der Waals surface area contributed by atoms with Gasteiger partial charge in [0.2, 0.25) is 5.91 Å². The Hall–Kier alpha value is -1.06. The topological polar surface area (TPSA) is 41.1 Å². The molecule has 2 rings (SSSR count). The van der Waals surface area contributed by atoms with Crippen molar-refractivity contribution >= 4 is 17.5 Å². The number of carbonyl (C=O) groups excluding carboxylic acids is 1. The van der Waals surface area contributed by atoms with Crippen molar-refractivity contribution in [3.05, 3.63) is 34.9 Å². The van der Waals surface area contributed by atoms with Crippen molar-refractivity contribution < 1.29 is 4.79 Å². The Bertz CT molecular complexity index is 483. The summed E-state index contributed by atoms with van der Waals surface area (Å²) in [6, 6.07) is 7.83. The highest BCUT2D eigenvalue weighted by atomic mass is 35.5. The lowest BCUT2D eigenvalue weighted by Crippen LogP contribution is -2.50. The Balaban J connectivity index is 1.93. The second-order valence-corrected chi connectivity index (χ2v) is 6.76. The molecule has 0 aliphatic carbocycles. The fraction of sp³-hybridized carbons (Fsp3) is 0.562. The maximum absolute atomic E-state index is 12.2. The minimum atomic E-state index is -0.127. The lowest BCUT2D eigenvalue weighted by Gasteiger charge is -2.33. The van der Waals surface area contributed by atoms with Crippen LogP contribution in [0.2, 0.25) is 5.02 Å². The SMILES string of the molecule is CC(C(=O)NCC(C)(C)c1cccc(Cl)c1)C1CNC1. The van der Waals surface area contributed by atoms with Crippen molar-refractivity contribution in [2.45, 2.75) is 26.2 Å². The normalized spacial score (nSPS) is 17.4. The molecule has 1 atom stereocenters. The van der Waals surface area contributed by atoms with Gasteiger partial charge in [-0.1, -0.05) is 44.5 Å². The third-order valence-corrected chi connectivity index (χ3v) is 4.48. The Morgan fingerprint density at radius 3 is 2.75 bits per heavy atom. The largest absolute Gasteiger partial charge is 0.355 e. The van der Waals surface area contributed by atoms with Gasteiger partial charge in [-0.2, -0.15) is 0 Å². The van der Waals surface area contributed by atoms with Gasteiger partial charge in [0.15, 0.2) is 0 Å². The molecule has 1 fully saturated rings. The van der Waals surface area contributed by atoms with E-state index in [1.54, 1.807) is 0 Å². The van der Waals surface area contributed by atoms with Gasteiger partial charge in [-0.05, 0) is 36.7 Å². The van der Waals surface area contributed by atoms with Crippen LogP contribution in [0.3, 0.4) is 0 Å². The fourth-order valence-electron chi connectivity index (χ4n) is 2.36. The molecule has 0 spiro atoms. The van der Waals surface area contributed by atoms with E-state index in [1.807, 2.05) is 25.1 Å². The summed E-state index contributed by atoms with van der Waals surface area (Å²) < 4.78 is 0. The molecule has 20 heavy (non-hydrogen) atoms. The first-order chi connectivity index (χ1) is 9.40. The second kappa shape index (κ2) is 6.15. The van der Waals surface area contributed by atoms with Crippen LogP contribution in [-0.2, 0) is 10.2 Å². The molecule has 1 heterocycles. The number of hydrogen-bond donors (Lipinski definition) is 2. The molecule has 0 saturated carbocycles. The molecule has 0 bridgehead atoms. The first-order valence-electron chi connectivity index (χ1n) is 7.14. The molecule has 0 aromatic heterocycles. The maximum atomic E-state index is 12.2. The van der Waals surface area contributed by atoms with E-state index in [2.05, 4.69) is 30.5 Å². The van der Waals surface area contributed by atoms with Gasteiger partial charge >= 0.3 is 0 Å². The molecule has 3 nitrogen and oxygen atoms in total. The average molecular weight is 295 g/mol. The van der Waals surface area contributed by atoms with E-state index >= 15 is 0 Å². The number of nitrogens with one attached hydrogen (secondary N) is 2. The zero-order chi connectivity index (χ0) is 14.8. The smallest absolute Gasteiger partial charge is 0.223 e. The Morgan fingerprint density at radius 2 is 2.20 bits per heavy atom. The van der Waals surface area contributed by atoms with Crippen molar-refractivity contribution in [1.82, 2.24) is 10.6 Å². The van der Waals surface area contributed by atoms with Crippen molar-refractivity contribution in [1.29, 1.82) is 0 Å². The van der Waals surface area contributed by atoms with Crippen molar-refractivity contribution in [2.75, 3.05) is 19.6 Å². The van der Waals surface area contributed by atoms with E-state index in [4.69, 9.17) is 11.6 Å². The standard InChI is InChI=1S/C16H23ClN2O/c1-11(12-8-18-9-12)15(20)19-10-16(2,3)13-5-4-6-14(17)7-13/h4-7,11-12,18H,8-10H2,1-3H3,(H,19,20). The molecule has 1 saturated heterocycles. The molecule has 2 N–H and O–H groups in total. The van der Waals surface area contributed by atoms with Crippen molar-refractivity contribution in [2.24, 2.45) is 11.8 Å². The van der Waals surface area contributed by atoms with Crippen LogP contribution in [0.15, 0.2) is 24.3 Å². The molecule has 1 unspecified atom stereocenters. The number of hydrogen-bond acceptors (Lipinski definition) is 2. The summed E-state index contributed by atoms with van der Waals surface area (Å²) in [5.74, 6) is 0.697. The van der Waals surface area contributed by atoms with Gasteiger partial charge in [0.25, 0.3) is 0 Å². The predicted molar refractivity (Wildman–Crippen MR) is 83.0 cm³/mol. The fourth-order valence-corrected chi connectivity index (χ4v) is 2.55. The molecule has 1 aliphatic heterocycles. The van der Waals surface area contributed by atoms with Crippen LogP contribution in [0.1, 0.15) is 26.3 Å². The molecule has 0 radical (unpaired) electrons. The number of benzene rings is 1. The highest BCUT2D eigenvalue weighted by Crippen LogP contribution is 2.25. The van der Waals surface area contributed by atoms with Crippen LogP contribution >= 0.6 is 11.6 Å². The zero-order valence-corrected chi connectivity index (χ0v) is 13.1. The summed E-state index contributed by atoms with van der Waals surface area (Å²) in [6.45, 7) is 8.77. The number of amides is 1. The summed E-state index contributed by atoms with van der Waals surface area (Å²) in [4.78, 5) is 12.2. The maximum Gasteiger partial charge on any atom is 0.223 e. The van der Waals surface area contributed by atoms with E-state index in [-0.39, 0.29) is 17.2 Å².